The summed E-state index contributed by atoms with van der Waals surface area (Å²) in [5.41, 5.74) is 5.98. The lowest BCUT2D eigenvalue weighted by Crippen LogP contribution is -2.54. The van der Waals surface area contributed by atoms with E-state index in [4.69, 9.17) is 10.8 Å². The fraction of sp³-hybridized carbons (Fsp3) is 0.750. The molecule has 4 atom stereocenters. The Morgan fingerprint density at radius 2 is 2.00 bits per heavy atom. The lowest BCUT2D eigenvalue weighted by Gasteiger charge is -2.28. The number of carbonyl (C=O) groups excluding carboxylic acids is 3. The van der Waals surface area contributed by atoms with Crippen LogP contribution in [0.4, 0.5) is 0 Å². The molecule has 0 aromatic heterocycles. The van der Waals surface area contributed by atoms with Crippen molar-refractivity contribution in [3.8, 4) is 0 Å². The maximum absolute atomic E-state index is 12.5. The molecule has 26 heavy (non-hydrogen) atoms. The minimum absolute atomic E-state index is 0.00627. The summed E-state index contributed by atoms with van der Waals surface area (Å²) in [7, 11) is 0. The highest BCUT2D eigenvalue weighted by molar-refractivity contribution is 7.80. The minimum Gasteiger partial charge on any atom is -0.480 e. The molecule has 0 radical (unpaired) electrons. The van der Waals surface area contributed by atoms with Crippen molar-refractivity contribution in [1.29, 1.82) is 0 Å². The van der Waals surface area contributed by atoms with E-state index in [-0.39, 0.29) is 24.1 Å². The highest BCUT2D eigenvalue weighted by Crippen LogP contribution is 2.20. The maximum atomic E-state index is 12.5. The van der Waals surface area contributed by atoms with Gasteiger partial charge in [-0.05, 0) is 18.8 Å². The molecule has 1 aliphatic rings. The van der Waals surface area contributed by atoms with Crippen LogP contribution in [0.1, 0.15) is 33.1 Å². The number of aliphatic carboxylic acids is 1. The molecule has 9 nitrogen and oxygen atoms in total. The van der Waals surface area contributed by atoms with E-state index >= 15 is 0 Å². The molecule has 1 fully saturated rings. The number of nitrogens with zero attached hydrogens (tertiary/aromatic N) is 1. The number of carboxylic acid groups (broad SMARTS) is 1. The van der Waals surface area contributed by atoms with Gasteiger partial charge < -0.3 is 26.4 Å². The van der Waals surface area contributed by atoms with Crippen LogP contribution in [0.3, 0.4) is 0 Å². The predicted molar refractivity (Wildman–Crippen MR) is 98.6 cm³/mol. The van der Waals surface area contributed by atoms with Crippen LogP contribution in [-0.4, -0.2) is 70.7 Å². The zero-order valence-electron chi connectivity index (χ0n) is 15.1. The van der Waals surface area contributed by atoms with E-state index in [2.05, 4.69) is 23.3 Å². The van der Waals surface area contributed by atoms with E-state index in [0.29, 0.717) is 19.4 Å². The topological polar surface area (TPSA) is 142 Å². The van der Waals surface area contributed by atoms with Gasteiger partial charge in [-0.25, -0.2) is 4.79 Å². The summed E-state index contributed by atoms with van der Waals surface area (Å²) in [5.74, 6) is -2.60. The molecule has 1 rings (SSSR count). The molecule has 10 heteroatoms. The normalized spacial score (nSPS) is 20.2. The first kappa shape index (κ1) is 22.2. The lowest BCUT2D eigenvalue weighted by atomic mass is 9.98. The number of thiol groups is 1. The summed E-state index contributed by atoms with van der Waals surface area (Å²) < 4.78 is 0. The first-order valence-corrected chi connectivity index (χ1v) is 9.32. The molecular weight excluding hydrogens is 360 g/mol. The van der Waals surface area contributed by atoms with Gasteiger partial charge in [0.15, 0.2) is 0 Å². The van der Waals surface area contributed by atoms with Crippen LogP contribution in [0, 0.1) is 5.92 Å². The molecule has 3 amide bonds. The fourth-order valence-corrected chi connectivity index (χ4v) is 2.96. The second-order valence-corrected chi connectivity index (χ2v) is 6.82. The van der Waals surface area contributed by atoms with Crippen LogP contribution in [0.25, 0.3) is 0 Å². The van der Waals surface area contributed by atoms with E-state index in [1.54, 1.807) is 0 Å². The van der Waals surface area contributed by atoms with E-state index < -0.39 is 35.9 Å². The summed E-state index contributed by atoms with van der Waals surface area (Å²) in [5, 5.41) is 13.6. The van der Waals surface area contributed by atoms with Gasteiger partial charge in [0.2, 0.25) is 17.7 Å². The van der Waals surface area contributed by atoms with Crippen molar-refractivity contribution >= 4 is 36.3 Å². The summed E-state index contributed by atoms with van der Waals surface area (Å²) in [6.07, 6.45) is 1.94. The number of carbonyl (C=O) groups is 4. The van der Waals surface area contributed by atoms with Crippen molar-refractivity contribution in [2.24, 2.45) is 11.7 Å². The standard InChI is InChI=1S/C16H28N4O5S/c1-3-9(2)13(17)15(23)20-6-4-5-11(20)14(22)18-7-12(21)19-10(8-26)16(24)25/h9-11,13,26H,3-8,17H2,1-2H3,(H,18,22)(H,19,21)(H,24,25). The second kappa shape index (κ2) is 10.4. The molecule has 0 spiro atoms. The number of likely N-dealkylation sites (tertiary alicyclic amines) is 1. The molecule has 0 aromatic carbocycles. The van der Waals surface area contributed by atoms with Crippen LogP contribution in [0.2, 0.25) is 0 Å². The number of rotatable bonds is 9. The highest BCUT2D eigenvalue weighted by Gasteiger charge is 2.37. The quantitative estimate of drug-likeness (QED) is 0.320. The van der Waals surface area contributed by atoms with Crippen LogP contribution in [-0.2, 0) is 19.2 Å². The van der Waals surface area contributed by atoms with Crippen molar-refractivity contribution in [1.82, 2.24) is 15.5 Å². The average molecular weight is 388 g/mol. The Kier molecular flexibility index (Phi) is 8.86. The Balaban J connectivity index is 2.59. The van der Waals surface area contributed by atoms with Crippen molar-refractivity contribution in [3.05, 3.63) is 0 Å². The number of carboxylic acids is 1. The summed E-state index contributed by atoms with van der Waals surface area (Å²) in [6, 6.07) is -2.45. The van der Waals surface area contributed by atoms with Gasteiger partial charge in [0.25, 0.3) is 0 Å². The van der Waals surface area contributed by atoms with Crippen LogP contribution in [0.15, 0.2) is 0 Å². The van der Waals surface area contributed by atoms with Crippen LogP contribution >= 0.6 is 12.6 Å². The third-order valence-corrected chi connectivity index (χ3v) is 4.98. The van der Waals surface area contributed by atoms with Gasteiger partial charge in [0.05, 0.1) is 12.6 Å². The van der Waals surface area contributed by atoms with Gasteiger partial charge in [-0.3, -0.25) is 14.4 Å². The molecule has 1 saturated heterocycles. The number of hydrogen-bond acceptors (Lipinski definition) is 6. The number of nitrogens with one attached hydrogen (secondary N) is 2. The fourth-order valence-electron chi connectivity index (χ4n) is 2.71. The van der Waals surface area contributed by atoms with Crippen molar-refractivity contribution in [2.75, 3.05) is 18.8 Å². The van der Waals surface area contributed by atoms with Crippen molar-refractivity contribution in [3.63, 3.8) is 0 Å². The first-order chi connectivity index (χ1) is 12.2. The largest absolute Gasteiger partial charge is 0.480 e. The summed E-state index contributed by atoms with van der Waals surface area (Å²) in [4.78, 5) is 49.0. The molecule has 4 unspecified atom stereocenters. The van der Waals surface area contributed by atoms with Crippen molar-refractivity contribution in [2.45, 2.75) is 51.2 Å². The summed E-state index contributed by atoms with van der Waals surface area (Å²) >= 11 is 3.85. The first-order valence-electron chi connectivity index (χ1n) is 8.69. The molecular formula is C16H28N4O5S. The Morgan fingerprint density at radius 3 is 2.54 bits per heavy atom. The average Bonchev–Trinajstić information content (AvgIpc) is 3.11. The second-order valence-electron chi connectivity index (χ2n) is 6.46. The zero-order chi connectivity index (χ0) is 19.9. The maximum Gasteiger partial charge on any atom is 0.327 e. The van der Waals surface area contributed by atoms with Crippen molar-refractivity contribution < 1.29 is 24.3 Å². The van der Waals surface area contributed by atoms with Gasteiger partial charge in [-0.2, -0.15) is 12.6 Å². The Labute approximate surface area is 158 Å². The molecule has 5 N–H and O–H groups in total. The van der Waals surface area contributed by atoms with E-state index in [1.807, 2.05) is 13.8 Å². The number of nitrogens with two attached hydrogens (primary N) is 1. The van der Waals surface area contributed by atoms with Crippen LogP contribution in [0.5, 0.6) is 0 Å². The highest BCUT2D eigenvalue weighted by atomic mass is 32.1. The van der Waals surface area contributed by atoms with Crippen LogP contribution < -0.4 is 16.4 Å². The molecule has 1 aliphatic heterocycles. The van der Waals surface area contributed by atoms with Gasteiger partial charge in [-0.1, -0.05) is 20.3 Å². The zero-order valence-corrected chi connectivity index (χ0v) is 16.0. The molecule has 0 bridgehead atoms. The van der Waals surface area contributed by atoms with Gasteiger partial charge >= 0.3 is 5.97 Å². The molecule has 148 valence electrons. The van der Waals surface area contributed by atoms with Gasteiger partial charge in [-0.15, -0.1) is 0 Å². The molecule has 0 saturated carbocycles. The van der Waals surface area contributed by atoms with E-state index in [9.17, 15) is 19.2 Å². The van der Waals surface area contributed by atoms with Gasteiger partial charge in [0.1, 0.15) is 12.1 Å². The smallest absolute Gasteiger partial charge is 0.327 e. The minimum atomic E-state index is -1.20. The Hall–Kier alpha value is -1.81. The number of hydrogen-bond donors (Lipinski definition) is 5. The molecule has 0 aromatic rings. The van der Waals surface area contributed by atoms with E-state index in [1.165, 1.54) is 4.90 Å². The SMILES string of the molecule is CCC(C)C(N)C(=O)N1CCCC1C(=O)NCC(=O)NC(CS)C(=O)O. The van der Waals surface area contributed by atoms with E-state index in [0.717, 1.165) is 6.42 Å². The summed E-state index contributed by atoms with van der Waals surface area (Å²) in [6.45, 7) is 3.92. The third-order valence-electron chi connectivity index (χ3n) is 4.62. The number of amides is 3. The Morgan fingerprint density at radius 1 is 1.35 bits per heavy atom. The lowest BCUT2D eigenvalue weighted by molar-refractivity contribution is -0.142. The Bertz CT molecular complexity index is 545. The monoisotopic (exact) mass is 388 g/mol. The third kappa shape index (κ3) is 5.87. The molecule has 1 heterocycles. The predicted octanol–water partition coefficient (Wildman–Crippen LogP) is -1.03. The molecule has 0 aliphatic carbocycles. The van der Waals surface area contributed by atoms with Gasteiger partial charge in [0, 0.05) is 12.3 Å².